The highest BCUT2D eigenvalue weighted by molar-refractivity contribution is 7.19. The summed E-state index contributed by atoms with van der Waals surface area (Å²) in [6.07, 6.45) is 6.12. The summed E-state index contributed by atoms with van der Waals surface area (Å²) in [4.78, 5) is 11.6. The van der Waals surface area contributed by atoms with Gasteiger partial charge in [-0.25, -0.2) is 9.97 Å². The summed E-state index contributed by atoms with van der Waals surface area (Å²) in [6, 6.07) is 7.38. The second-order valence-corrected chi connectivity index (χ2v) is 7.68. The lowest BCUT2D eigenvalue weighted by atomic mass is 9.89. The van der Waals surface area contributed by atoms with Crippen molar-refractivity contribution < 1.29 is 5.11 Å². The van der Waals surface area contributed by atoms with Crippen LogP contribution in [0.4, 0.5) is 5.82 Å². The fourth-order valence-corrected chi connectivity index (χ4v) is 4.75. The molecule has 0 saturated carbocycles. The average Bonchev–Trinajstić information content (AvgIpc) is 2.95. The van der Waals surface area contributed by atoms with Crippen LogP contribution in [0.5, 0.6) is 5.75 Å². The Morgan fingerprint density at radius 2 is 2.08 bits per heavy atom. The highest BCUT2D eigenvalue weighted by Crippen LogP contribution is 2.39. The maximum atomic E-state index is 9.35. The van der Waals surface area contributed by atoms with Crippen LogP contribution in [0, 0.1) is 5.92 Å². The number of nitrogens with one attached hydrogen (secondary N) is 1. The predicted octanol–water partition coefficient (Wildman–Crippen LogP) is 4.18. The van der Waals surface area contributed by atoms with Gasteiger partial charge >= 0.3 is 0 Å². The van der Waals surface area contributed by atoms with Crippen LogP contribution in [-0.2, 0) is 19.3 Å². The number of hydrogen-bond acceptors (Lipinski definition) is 5. The molecule has 2 heterocycles. The smallest absolute Gasteiger partial charge is 0.138 e. The Morgan fingerprint density at radius 1 is 1.25 bits per heavy atom. The van der Waals surface area contributed by atoms with Crippen LogP contribution in [0.15, 0.2) is 30.6 Å². The van der Waals surface area contributed by atoms with Gasteiger partial charge in [-0.3, -0.25) is 0 Å². The molecule has 0 amide bonds. The monoisotopic (exact) mass is 339 g/mol. The molecule has 2 aromatic heterocycles. The van der Waals surface area contributed by atoms with Crippen molar-refractivity contribution in [2.45, 2.75) is 32.6 Å². The molecule has 0 saturated heterocycles. The zero-order valence-electron chi connectivity index (χ0n) is 13.7. The van der Waals surface area contributed by atoms with E-state index in [0.717, 1.165) is 36.0 Å². The first-order valence-corrected chi connectivity index (χ1v) is 9.29. The second-order valence-electron chi connectivity index (χ2n) is 6.60. The maximum absolute atomic E-state index is 9.35. The Morgan fingerprint density at radius 3 is 2.92 bits per heavy atom. The maximum Gasteiger partial charge on any atom is 0.138 e. The molecule has 4 nitrogen and oxygen atoms in total. The number of hydrogen-bond donors (Lipinski definition) is 2. The minimum atomic E-state index is 0.309. The number of rotatable bonds is 4. The first kappa shape index (κ1) is 15.4. The van der Waals surface area contributed by atoms with Crippen molar-refractivity contribution in [1.29, 1.82) is 0 Å². The topological polar surface area (TPSA) is 58.0 Å². The van der Waals surface area contributed by atoms with Crippen molar-refractivity contribution in [2.75, 3.05) is 11.9 Å². The van der Waals surface area contributed by atoms with E-state index in [2.05, 4.69) is 22.2 Å². The van der Waals surface area contributed by atoms with Crippen LogP contribution < -0.4 is 5.32 Å². The first-order valence-electron chi connectivity index (χ1n) is 8.47. The number of thiophene rings is 1. The number of phenols is 1. The van der Waals surface area contributed by atoms with E-state index in [1.165, 1.54) is 34.2 Å². The van der Waals surface area contributed by atoms with Crippen molar-refractivity contribution >= 4 is 27.4 Å². The van der Waals surface area contributed by atoms with Crippen LogP contribution in [0.25, 0.3) is 10.2 Å². The summed E-state index contributed by atoms with van der Waals surface area (Å²) >= 11 is 1.83. The quantitative estimate of drug-likeness (QED) is 0.749. The zero-order chi connectivity index (χ0) is 16.5. The van der Waals surface area contributed by atoms with Crippen molar-refractivity contribution in [3.05, 3.63) is 46.6 Å². The van der Waals surface area contributed by atoms with Gasteiger partial charge in [-0.05, 0) is 54.9 Å². The van der Waals surface area contributed by atoms with E-state index in [9.17, 15) is 5.11 Å². The van der Waals surface area contributed by atoms with Crippen LogP contribution in [0.1, 0.15) is 29.3 Å². The van der Waals surface area contributed by atoms with Crippen molar-refractivity contribution in [2.24, 2.45) is 5.92 Å². The standard InChI is InChI=1S/C19H21N3OS/c1-12-2-7-15-16(10-12)24-19-17(15)18(21-11-22-19)20-9-8-13-3-5-14(23)6-4-13/h3-6,11-12,23H,2,7-10H2,1H3,(H,20,21,22). The number of nitrogens with zero attached hydrogens (tertiary/aromatic N) is 2. The van der Waals surface area contributed by atoms with Crippen molar-refractivity contribution in [3.8, 4) is 5.75 Å². The fourth-order valence-electron chi connectivity index (χ4n) is 3.40. The Balaban J connectivity index is 1.54. The lowest BCUT2D eigenvalue weighted by Gasteiger charge is -2.18. The summed E-state index contributed by atoms with van der Waals surface area (Å²) in [7, 11) is 0. The summed E-state index contributed by atoms with van der Waals surface area (Å²) in [5, 5.41) is 14.1. The molecule has 24 heavy (non-hydrogen) atoms. The fraction of sp³-hybridized carbons (Fsp3) is 0.368. The number of anilines is 1. The predicted molar refractivity (Wildman–Crippen MR) is 98.9 cm³/mol. The minimum Gasteiger partial charge on any atom is -0.508 e. The van der Waals surface area contributed by atoms with Gasteiger partial charge in [0.25, 0.3) is 0 Å². The summed E-state index contributed by atoms with van der Waals surface area (Å²) in [6.45, 7) is 3.15. The Hall–Kier alpha value is -2.14. The van der Waals surface area contributed by atoms with Gasteiger partial charge in [-0.1, -0.05) is 19.1 Å². The lowest BCUT2D eigenvalue weighted by Crippen LogP contribution is -2.10. The van der Waals surface area contributed by atoms with Gasteiger partial charge in [0, 0.05) is 11.4 Å². The molecule has 2 N–H and O–H groups in total. The molecule has 1 atom stereocenters. The third kappa shape index (κ3) is 2.96. The van der Waals surface area contributed by atoms with Crippen LogP contribution >= 0.6 is 11.3 Å². The van der Waals surface area contributed by atoms with E-state index in [1.54, 1.807) is 18.5 Å². The molecule has 1 aliphatic carbocycles. The van der Waals surface area contributed by atoms with Gasteiger partial charge < -0.3 is 10.4 Å². The van der Waals surface area contributed by atoms with Crippen LogP contribution in [-0.4, -0.2) is 21.6 Å². The SMILES string of the molecule is CC1CCc2c(sc3ncnc(NCCc4ccc(O)cc4)c23)C1. The molecule has 0 fully saturated rings. The van der Waals surface area contributed by atoms with Gasteiger partial charge in [0.05, 0.1) is 5.39 Å². The Bertz CT molecular complexity index is 857. The van der Waals surface area contributed by atoms with Crippen molar-refractivity contribution in [1.82, 2.24) is 9.97 Å². The number of aryl methyl sites for hydroxylation is 1. The highest BCUT2D eigenvalue weighted by Gasteiger charge is 2.22. The molecule has 0 spiro atoms. The van der Waals surface area contributed by atoms with Gasteiger partial charge in [0.15, 0.2) is 0 Å². The lowest BCUT2D eigenvalue weighted by molar-refractivity contribution is 0.475. The van der Waals surface area contributed by atoms with E-state index in [0.29, 0.717) is 5.75 Å². The molecule has 3 aromatic rings. The zero-order valence-corrected chi connectivity index (χ0v) is 14.6. The van der Waals surface area contributed by atoms with Gasteiger partial charge in [0.2, 0.25) is 0 Å². The molecule has 124 valence electrons. The number of fused-ring (bicyclic) bond motifs is 3. The molecular weight excluding hydrogens is 318 g/mol. The number of aromatic nitrogens is 2. The molecule has 4 rings (SSSR count). The van der Waals surface area contributed by atoms with E-state index in [4.69, 9.17) is 0 Å². The van der Waals surface area contributed by atoms with E-state index >= 15 is 0 Å². The molecule has 0 radical (unpaired) electrons. The Labute approximate surface area is 145 Å². The molecular formula is C19H21N3OS. The third-order valence-electron chi connectivity index (χ3n) is 4.73. The third-order valence-corrected chi connectivity index (χ3v) is 5.90. The van der Waals surface area contributed by atoms with Gasteiger partial charge in [0.1, 0.15) is 22.7 Å². The molecule has 1 aliphatic rings. The normalized spacial score (nSPS) is 17.0. The van der Waals surface area contributed by atoms with E-state index in [1.807, 2.05) is 23.5 Å². The molecule has 0 aliphatic heterocycles. The second kappa shape index (κ2) is 6.40. The number of aromatic hydroxyl groups is 1. The summed E-state index contributed by atoms with van der Waals surface area (Å²) in [5.74, 6) is 2.04. The van der Waals surface area contributed by atoms with Crippen LogP contribution in [0.2, 0.25) is 0 Å². The van der Waals surface area contributed by atoms with Gasteiger partial charge in [-0.15, -0.1) is 11.3 Å². The first-order chi connectivity index (χ1) is 11.7. The largest absolute Gasteiger partial charge is 0.508 e. The van der Waals surface area contributed by atoms with E-state index < -0.39 is 0 Å². The molecule has 0 bridgehead atoms. The molecule has 1 aromatic carbocycles. The molecule has 1 unspecified atom stereocenters. The molecule has 5 heteroatoms. The minimum absolute atomic E-state index is 0.309. The highest BCUT2D eigenvalue weighted by atomic mass is 32.1. The summed E-state index contributed by atoms with van der Waals surface area (Å²) in [5.41, 5.74) is 2.66. The Kier molecular flexibility index (Phi) is 4.10. The number of phenolic OH excluding ortho intramolecular Hbond substituents is 1. The van der Waals surface area contributed by atoms with E-state index in [-0.39, 0.29) is 0 Å². The van der Waals surface area contributed by atoms with Crippen LogP contribution in [0.3, 0.4) is 0 Å². The average molecular weight is 339 g/mol. The van der Waals surface area contributed by atoms with Gasteiger partial charge in [-0.2, -0.15) is 0 Å². The van der Waals surface area contributed by atoms with Crippen molar-refractivity contribution in [3.63, 3.8) is 0 Å². The summed E-state index contributed by atoms with van der Waals surface area (Å²) < 4.78 is 0. The number of benzene rings is 1.